The van der Waals surface area contributed by atoms with Crippen molar-refractivity contribution in [2.45, 2.75) is 24.7 Å². The standard InChI is InChI=1S/C16H14O5/c1-19-13-10-4-8-20-12(10)11(9-3-7-21-14(9)13)16(15(17)18)5-2-6-16/h3-4,7-8H,2,5-6H2,1H3,(H,17,18). The van der Waals surface area contributed by atoms with Crippen LogP contribution in [-0.4, -0.2) is 18.2 Å². The Balaban J connectivity index is 2.18. The first kappa shape index (κ1) is 12.3. The van der Waals surface area contributed by atoms with Crippen LogP contribution in [0.25, 0.3) is 21.9 Å². The number of benzene rings is 1. The van der Waals surface area contributed by atoms with Crippen molar-refractivity contribution in [1.29, 1.82) is 0 Å². The second-order valence-electron chi connectivity index (χ2n) is 5.48. The Morgan fingerprint density at radius 3 is 2.43 bits per heavy atom. The molecule has 1 aliphatic carbocycles. The molecule has 3 aromatic rings. The molecule has 2 aromatic heterocycles. The quantitative estimate of drug-likeness (QED) is 0.794. The smallest absolute Gasteiger partial charge is 0.314 e. The number of aliphatic carboxylic acids is 1. The number of carboxylic acid groups (broad SMARTS) is 1. The van der Waals surface area contributed by atoms with Crippen LogP contribution in [0.3, 0.4) is 0 Å². The number of carbonyl (C=O) groups is 1. The minimum Gasteiger partial charge on any atom is -0.492 e. The van der Waals surface area contributed by atoms with Gasteiger partial charge in [0.05, 0.1) is 30.4 Å². The van der Waals surface area contributed by atoms with E-state index in [1.165, 1.54) is 0 Å². The Kier molecular flexibility index (Phi) is 2.37. The van der Waals surface area contributed by atoms with Crippen LogP contribution in [0.15, 0.2) is 33.5 Å². The molecule has 2 heterocycles. The fraction of sp³-hybridized carbons (Fsp3) is 0.312. The molecule has 0 aliphatic heterocycles. The minimum absolute atomic E-state index is 0.578. The largest absolute Gasteiger partial charge is 0.492 e. The summed E-state index contributed by atoms with van der Waals surface area (Å²) < 4.78 is 16.6. The Morgan fingerprint density at radius 2 is 1.86 bits per heavy atom. The third-order valence-corrected chi connectivity index (χ3v) is 4.58. The summed E-state index contributed by atoms with van der Waals surface area (Å²) in [5.41, 5.74) is 0.993. The van der Waals surface area contributed by atoms with Crippen LogP contribution in [0.1, 0.15) is 24.8 Å². The lowest BCUT2D eigenvalue weighted by molar-refractivity contribution is -0.147. The van der Waals surface area contributed by atoms with E-state index in [0.29, 0.717) is 35.3 Å². The highest BCUT2D eigenvalue weighted by molar-refractivity contribution is 6.08. The van der Waals surface area contributed by atoms with Gasteiger partial charge in [-0.15, -0.1) is 0 Å². The van der Waals surface area contributed by atoms with Crippen LogP contribution in [0.4, 0.5) is 0 Å². The summed E-state index contributed by atoms with van der Waals surface area (Å²) >= 11 is 0. The van der Waals surface area contributed by atoms with Crippen molar-refractivity contribution in [3.8, 4) is 5.75 Å². The normalized spacial score (nSPS) is 17.0. The molecule has 4 rings (SSSR count). The number of ether oxygens (including phenoxy) is 1. The van der Waals surface area contributed by atoms with Crippen molar-refractivity contribution < 1.29 is 23.5 Å². The summed E-state index contributed by atoms with van der Waals surface area (Å²) in [5.74, 6) is -0.221. The highest BCUT2D eigenvalue weighted by Crippen LogP contribution is 2.51. The van der Waals surface area contributed by atoms with Crippen molar-refractivity contribution in [1.82, 2.24) is 0 Å². The first-order valence-electron chi connectivity index (χ1n) is 6.87. The molecule has 0 saturated heterocycles. The summed E-state index contributed by atoms with van der Waals surface area (Å²) in [7, 11) is 1.57. The molecule has 1 saturated carbocycles. The molecule has 1 aliphatic rings. The Morgan fingerprint density at radius 1 is 1.19 bits per heavy atom. The molecule has 21 heavy (non-hydrogen) atoms. The minimum atomic E-state index is -0.884. The topological polar surface area (TPSA) is 72.8 Å². The van der Waals surface area contributed by atoms with Gasteiger partial charge in [0, 0.05) is 10.9 Å². The monoisotopic (exact) mass is 286 g/mol. The van der Waals surface area contributed by atoms with Crippen LogP contribution in [0.5, 0.6) is 5.75 Å². The molecule has 0 unspecified atom stereocenters. The molecule has 0 atom stereocenters. The SMILES string of the molecule is COc1c2ccoc2c(C2(C(=O)O)CCC2)c2ccoc12. The number of furan rings is 2. The number of methoxy groups -OCH3 is 1. The number of hydrogen-bond donors (Lipinski definition) is 1. The van der Waals surface area contributed by atoms with Gasteiger partial charge in [0.15, 0.2) is 11.3 Å². The van der Waals surface area contributed by atoms with Crippen LogP contribution in [0.2, 0.25) is 0 Å². The predicted molar refractivity (Wildman–Crippen MR) is 75.7 cm³/mol. The molecule has 0 spiro atoms. The van der Waals surface area contributed by atoms with E-state index in [4.69, 9.17) is 13.6 Å². The van der Waals surface area contributed by atoms with Gasteiger partial charge in [0.25, 0.3) is 0 Å². The molecule has 5 heteroatoms. The summed E-state index contributed by atoms with van der Waals surface area (Å²) in [4.78, 5) is 11.9. The Labute approximate surface area is 120 Å². The van der Waals surface area contributed by atoms with E-state index in [0.717, 1.165) is 17.2 Å². The maximum Gasteiger partial charge on any atom is 0.314 e. The Hall–Kier alpha value is -2.43. The number of carboxylic acids is 1. The molecule has 1 N–H and O–H groups in total. The first-order chi connectivity index (χ1) is 10.2. The van der Waals surface area contributed by atoms with E-state index in [1.54, 1.807) is 31.8 Å². The average molecular weight is 286 g/mol. The lowest BCUT2D eigenvalue weighted by Crippen LogP contribution is -2.42. The van der Waals surface area contributed by atoms with E-state index in [2.05, 4.69) is 0 Å². The molecular weight excluding hydrogens is 272 g/mol. The molecule has 1 fully saturated rings. The summed E-state index contributed by atoms with van der Waals surface area (Å²) in [6, 6.07) is 3.58. The van der Waals surface area contributed by atoms with Crippen LogP contribution < -0.4 is 4.74 Å². The van der Waals surface area contributed by atoms with E-state index in [9.17, 15) is 9.90 Å². The second kappa shape index (κ2) is 4.04. The molecule has 0 radical (unpaired) electrons. The molecule has 5 nitrogen and oxygen atoms in total. The lowest BCUT2D eigenvalue weighted by Gasteiger charge is -2.38. The van der Waals surface area contributed by atoms with Gasteiger partial charge >= 0.3 is 5.97 Å². The van der Waals surface area contributed by atoms with Gasteiger partial charge in [-0.3, -0.25) is 4.79 Å². The summed E-state index contributed by atoms with van der Waals surface area (Å²) in [6.45, 7) is 0. The number of hydrogen-bond acceptors (Lipinski definition) is 4. The summed E-state index contributed by atoms with van der Waals surface area (Å²) in [5, 5.41) is 11.3. The van der Waals surface area contributed by atoms with Crippen LogP contribution in [-0.2, 0) is 10.2 Å². The van der Waals surface area contributed by atoms with Gasteiger partial charge in [0.1, 0.15) is 5.58 Å². The lowest BCUT2D eigenvalue weighted by atomic mass is 9.63. The summed E-state index contributed by atoms with van der Waals surface area (Å²) in [6.07, 6.45) is 5.25. The molecular formula is C16H14O5. The van der Waals surface area contributed by atoms with Crippen molar-refractivity contribution in [3.05, 3.63) is 30.2 Å². The zero-order chi connectivity index (χ0) is 14.6. The molecule has 108 valence electrons. The van der Waals surface area contributed by atoms with Gasteiger partial charge in [0.2, 0.25) is 0 Å². The Bertz CT molecular complexity index is 798. The third-order valence-electron chi connectivity index (χ3n) is 4.58. The number of rotatable bonds is 3. The zero-order valence-corrected chi connectivity index (χ0v) is 11.5. The first-order valence-corrected chi connectivity index (χ1v) is 6.87. The predicted octanol–water partition coefficient (Wildman–Crippen LogP) is 3.69. The second-order valence-corrected chi connectivity index (χ2v) is 5.48. The van der Waals surface area contributed by atoms with E-state index < -0.39 is 11.4 Å². The number of fused-ring (bicyclic) bond motifs is 2. The average Bonchev–Trinajstić information content (AvgIpc) is 3.04. The maximum atomic E-state index is 11.9. The molecule has 0 amide bonds. The highest BCUT2D eigenvalue weighted by atomic mass is 16.5. The van der Waals surface area contributed by atoms with Crippen LogP contribution in [0, 0.1) is 0 Å². The molecule has 0 bridgehead atoms. The highest BCUT2D eigenvalue weighted by Gasteiger charge is 2.49. The fourth-order valence-corrected chi connectivity index (χ4v) is 3.39. The van der Waals surface area contributed by atoms with Gasteiger partial charge < -0.3 is 18.7 Å². The van der Waals surface area contributed by atoms with Gasteiger partial charge in [-0.05, 0) is 25.0 Å². The third kappa shape index (κ3) is 1.38. The van der Waals surface area contributed by atoms with Gasteiger partial charge in [-0.2, -0.15) is 0 Å². The van der Waals surface area contributed by atoms with Crippen LogP contribution >= 0.6 is 0 Å². The van der Waals surface area contributed by atoms with E-state index >= 15 is 0 Å². The fourth-order valence-electron chi connectivity index (χ4n) is 3.39. The van der Waals surface area contributed by atoms with Crippen molar-refractivity contribution in [3.63, 3.8) is 0 Å². The van der Waals surface area contributed by atoms with E-state index in [1.807, 2.05) is 0 Å². The van der Waals surface area contributed by atoms with Gasteiger partial charge in [-0.1, -0.05) is 6.42 Å². The van der Waals surface area contributed by atoms with Gasteiger partial charge in [-0.25, -0.2) is 0 Å². The maximum absolute atomic E-state index is 11.9. The molecule has 1 aromatic carbocycles. The zero-order valence-electron chi connectivity index (χ0n) is 11.5. The van der Waals surface area contributed by atoms with Crippen molar-refractivity contribution in [2.24, 2.45) is 0 Å². The van der Waals surface area contributed by atoms with Crippen molar-refractivity contribution in [2.75, 3.05) is 7.11 Å². The van der Waals surface area contributed by atoms with E-state index in [-0.39, 0.29) is 0 Å². The van der Waals surface area contributed by atoms with Crippen molar-refractivity contribution >= 4 is 27.9 Å².